The summed E-state index contributed by atoms with van der Waals surface area (Å²) in [6, 6.07) is 21.4. The van der Waals surface area contributed by atoms with E-state index in [0.717, 1.165) is 35.7 Å². The topological polar surface area (TPSA) is 89.5 Å². The number of amides is 1. The van der Waals surface area contributed by atoms with Crippen LogP contribution < -0.4 is 19.7 Å². The summed E-state index contributed by atoms with van der Waals surface area (Å²) in [5.41, 5.74) is 4.28. The van der Waals surface area contributed by atoms with Crippen molar-refractivity contribution in [3.05, 3.63) is 102 Å². The van der Waals surface area contributed by atoms with Gasteiger partial charge in [-0.05, 0) is 54.8 Å². The van der Waals surface area contributed by atoms with E-state index in [1.807, 2.05) is 61.5 Å². The summed E-state index contributed by atoms with van der Waals surface area (Å²) in [6.07, 6.45) is 4.14. The molecule has 5 rings (SSSR count). The second-order valence-electron chi connectivity index (χ2n) is 8.29. The van der Waals surface area contributed by atoms with Gasteiger partial charge in [-0.2, -0.15) is 4.98 Å². The summed E-state index contributed by atoms with van der Waals surface area (Å²) in [5, 5.41) is 2.89. The van der Waals surface area contributed by atoms with Crippen LogP contribution in [0.1, 0.15) is 34.1 Å². The van der Waals surface area contributed by atoms with Crippen molar-refractivity contribution in [3.63, 3.8) is 0 Å². The molecule has 8 nitrogen and oxygen atoms in total. The van der Waals surface area contributed by atoms with Crippen molar-refractivity contribution >= 4 is 17.5 Å². The molecule has 3 heterocycles. The van der Waals surface area contributed by atoms with Gasteiger partial charge in [0.2, 0.25) is 11.8 Å². The van der Waals surface area contributed by atoms with Crippen LogP contribution in [0.4, 0.5) is 11.6 Å². The predicted molar refractivity (Wildman–Crippen MR) is 137 cm³/mol. The molecule has 1 aliphatic heterocycles. The maximum atomic E-state index is 13.1. The minimum absolute atomic E-state index is 0.233. The van der Waals surface area contributed by atoms with Gasteiger partial charge in [-0.3, -0.25) is 9.78 Å². The molecule has 0 radical (unpaired) electrons. The molecule has 2 aromatic carbocycles. The number of anilines is 2. The normalized spacial score (nSPS) is 12.2. The van der Waals surface area contributed by atoms with Crippen molar-refractivity contribution in [1.29, 1.82) is 0 Å². The maximum Gasteiger partial charge on any atom is 0.258 e. The fraction of sp³-hybridized carbons (Fsp3) is 0.214. The molecule has 182 valence electrons. The number of nitrogens with zero attached hydrogens (tertiary/aromatic N) is 4. The molecule has 0 saturated heterocycles. The second-order valence-corrected chi connectivity index (χ2v) is 8.29. The molecule has 0 atom stereocenters. The first-order valence-corrected chi connectivity index (χ1v) is 12.0. The Morgan fingerprint density at radius 2 is 1.83 bits per heavy atom. The standard InChI is InChI=1S/C28H27N5O3/c1-2-35-23-12-10-20(11-13-23)19-36-27-24(26(34)30-17-22-8-5-6-15-29-22)18-31-28(32-27)33-16-14-21-7-3-4-9-25(21)33/h3-13,15,18H,2,14,16-17,19H2,1H3,(H,30,34). The minimum atomic E-state index is -0.323. The van der Waals surface area contributed by atoms with Gasteiger partial charge in [0, 0.05) is 24.6 Å². The Morgan fingerprint density at radius 1 is 1.00 bits per heavy atom. The summed E-state index contributed by atoms with van der Waals surface area (Å²) in [7, 11) is 0. The third kappa shape index (κ3) is 5.27. The van der Waals surface area contributed by atoms with Crippen LogP contribution in [0.5, 0.6) is 11.6 Å². The van der Waals surface area contributed by atoms with Gasteiger partial charge in [0.25, 0.3) is 5.91 Å². The highest BCUT2D eigenvalue weighted by Gasteiger charge is 2.24. The van der Waals surface area contributed by atoms with E-state index in [2.05, 4.69) is 37.3 Å². The van der Waals surface area contributed by atoms with E-state index < -0.39 is 0 Å². The van der Waals surface area contributed by atoms with E-state index in [0.29, 0.717) is 19.1 Å². The van der Waals surface area contributed by atoms with Crippen LogP contribution in [0.2, 0.25) is 0 Å². The largest absolute Gasteiger partial charge is 0.494 e. The van der Waals surface area contributed by atoms with Crippen molar-refractivity contribution < 1.29 is 14.3 Å². The Hall–Kier alpha value is -4.46. The van der Waals surface area contributed by atoms with Crippen LogP contribution in [-0.4, -0.2) is 34.0 Å². The summed E-state index contributed by atoms with van der Waals surface area (Å²) >= 11 is 0. The van der Waals surface area contributed by atoms with E-state index in [9.17, 15) is 4.79 Å². The van der Waals surface area contributed by atoms with Crippen LogP contribution in [0, 0.1) is 0 Å². The molecule has 1 aliphatic rings. The highest BCUT2D eigenvalue weighted by Crippen LogP contribution is 2.33. The van der Waals surface area contributed by atoms with Gasteiger partial charge >= 0.3 is 0 Å². The van der Waals surface area contributed by atoms with E-state index in [1.54, 1.807) is 6.20 Å². The van der Waals surface area contributed by atoms with Gasteiger partial charge in [-0.15, -0.1) is 0 Å². The van der Waals surface area contributed by atoms with E-state index in [4.69, 9.17) is 9.47 Å². The van der Waals surface area contributed by atoms with Crippen molar-refractivity contribution in [3.8, 4) is 11.6 Å². The molecule has 0 unspecified atom stereocenters. The monoisotopic (exact) mass is 481 g/mol. The number of para-hydroxylation sites is 1. The molecular weight excluding hydrogens is 454 g/mol. The number of ether oxygens (including phenoxy) is 2. The molecule has 4 aromatic rings. The lowest BCUT2D eigenvalue weighted by Crippen LogP contribution is -2.25. The number of rotatable bonds is 9. The zero-order valence-electron chi connectivity index (χ0n) is 20.1. The smallest absolute Gasteiger partial charge is 0.258 e. The quantitative estimate of drug-likeness (QED) is 0.377. The summed E-state index contributed by atoms with van der Waals surface area (Å²) in [6.45, 7) is 3.86. The summed E-state index contributed by atoms with van der Waals surface area (Å²) < 4.78 is 11.6. The van der Waals surface area contributed by atoms with Crippen molar-refractivity contribution in [1.82, 2.24) is 20.3 Å². The number of pyridine rings is 1. The molecule has 0 saturated carbocycles. The average molecular weight is 482 g/mol. The lowest BCUT2D eigenvalue weighted by atomic mass is 10.2. The first-order valence-electron chi connectivity index (χ1n) is 12.0. The predicted octanol–water partition coefficient (Wildman–Crippen LogP) is 4.47. The highest BCUT2D eigenvalue weighted by atomic mass is 16.5. The van der Waals surface area contributed by atoms with Crippen molar-refractivity contribution in [2.45, 2.75) is 26.5 Å². The molecule has 2 aromatic heterocycles. The van der Waals surface area contributed by atoms with E-state index in [1.165, 1.54) is 11.8 Å². The number of carbonyl (C=O) groups excluding carboxylic acids is 1. The van der Waals surface area contributed by atoms with Gasteiger partial charge in [-0.1, -0.05) is 36.4 Å². The third-order valence-electron chi connectivity index (χ3n) is 5.88. The van der Waals surface area contributed by atoms with Crippen LogP contribution >= 0.6 is 0 Å². The van der Waals surface area contributed by atoms with Gasteiger partial charge in [0.05, 0.1) is 18.8 Å². The second kappa shape index (κ2) is 10.9. The lowest BCUT2D eigenvalue weighted by molar-refractivity contribution is 0.0944. The number of nitrogens with one attached hydrogen (secondary N) is 1. The number of aromatic nitrogens is 3. The molecule has 1 N–H and O–H groups in total. The van der Waals surface area contributed by atoms with Crippen molar-refractivity contribution in [2.24, 2.45) is 0 Å². The van der Waals surface area contributed by atoms with Crippen molar-refractivity contribution in [2.75, 3.05) is 18.1 Å². The zero-order chi connectivity index (χ0) is 24.7. The molecular formula is C28H27N5O3. The third-order valence-corrected chi connectivity index (χ3v) is 5.88. The lowest BCUT2D eigenvalue weighted by Gasteiger charge is -2.19. The molecule has 0 aliphatic carbocycles. The molecule has 0 bridgehead atoms. The van der Waals surface area contributed by atoms with Crippen LogP contribution in [0.3, 0.4) is 0 Å². The first-order chi connectivity index (χ1) is 17.7. The maximum absolute atomic E-state index is 13.1. The number of hydrogen-bond acceptors (Lipinski definition) is 7. The summed E-state index contributed by atoms with van der Waals surface area (Å²) in [4.78, 5) is 28.6. The van der Waals surface area contributed by atoms with Gasteiger partial charge in [0.1, 0.15) is 17.9 Å². The van der Waals surface area contributed by atoms with E-state index in [-0.39, 0.29) is 24.0 Å². The number of carbonyl (C=O) groups is 1. The van der Waals surface area contributed by atoms with Gasteiger partial charge in [0.15, 0.2) is 0 Å². The van der Waals surface area contributed by atoms with Crippen LogP contribution in [0.25, 0.3) is 0 Å². The number of benzene rings is 2. The fourth-order valence-corrected chi connectivity index (χ4v) is 4.07. The average Bonchev–Trinajstić information content (AvgIpc) is 3.36. The minimum Gasteiger partial charge on any atom is -0.494 e. The number of fused-ring (bicyclic) bond motifs is 1. The first kappa shape index (κ1) is 23.3. The molecule has 0 spiro atoms. The van der Waals surface area contributed by atoms with Gasteiger partial charge in [-0.25, -0.2) is 4.98 Å². The summed E-state index contributed by atoms with van der Waals surface area (Å²) in [5.74, 6) is 1.21. The Morgan fingerprint density at radius 3 is 2.64 bits per heavy atom. The van der Waals surface area contributed by atoms with E-state index >= 15 is 0 Å². The van der Waals surface area contributed by atoms with Gasteiger partial charge < -0.3 is 19.7 Å². The zero-order valence-corrected chi connectivity index (χ0v) is 20.1. The Bertz CT molecular complexity index is 1330. The Kier molecular flexibility index (Phi) is 7.02. The SMILES string of the molecule is CCOc1ccc(COc2nc(N3CCc4ccccc43)ncc2C(=O)NCc2ccccn2)cc1. The Labute approximate surface area is 210 Å². The molecule has 0 fully saturated rings. The Balaban J connectivity index is 1.39. The molecule has 8 heteroatoms. The molecule has 36 heavy (non-hydrogen) atoms. The van der Waals surface area contributed by atoms with Crippen LogP contribution in [0.15, 0.2) is 79.1 Å². The highest BCUT2D eigenvalue weighted by molar-refractivity contribution is 5.96. The fourth-order valence-electron chi connectivity index (χ4n) is 4.07. The molecule has 1 amide bonds. The number of hydrogen-bond donors (Lipinski definition) is 1. The van der Waals surface area contributed by atoms with Crippen LogP contribution in [-0.2, 0) is 19.6 Å².